The van der Waals surface area contributed by atoms with Gasteiger partial charge in [0.15, 0.2) is 5.84 Å². The second-order valence-electron chi connectivity index (χ2n) is 4.04. The van der Waals surface area contributed by atoms with Gasteiger partial charge in [0.1, 0.15) is 5.75 Å². The maximum atomic E-state index is 8.82. The fourth-order valence-corrected chi connectivity index (χ4v) is 2.19. The van der Waals surface area contributed by atoms with Gasteiger partial charge < -0.3 is 15.7 Å². The number of benzene rings is 1. The van der Waals surface area contributed by atoms with E-state index in [4.69, 9.17) is 15.7 Å². The Morgan fingerprint density at radius 2 is 2.05 bits per heavy atom. The van der Waals surface area contributed by atoms with E-state index >= 15 is 0 Å². The second-order valence-corrected chi connectivity index (χ2v) is 4.89. The molecule has 3 N–H and O–H groups in total. The quantitative estimate of drug-likeness (QED) is 0.297. The molecule has 1 heterocycles. The zero-order valence-corrected chi connectivity index (χ0v) is 12.0. The smallest absolute Gasteiger partial charge is 0.230 e. The molecular formula is C14H15N3O2S. The van der Waals surface area contributed by atoms with Gasteiger partial charge in [-0.2, -0.15) is 0 Å². The van der Waals surface area contributed by atoms with Crippen LogP contribution < -0.4 is 10.5 Å². The molecule has 0 aliphatic heterocycles. The van der Waals surface area contributed by atoms with Gasteiger partial charge in [0, 0.05) is 10.6 Å². The third-order valence-electron chi connectivity index (χ3n) is 2.66. The lowest BCUT2D eigenvalue weighted by molar-refractivity contribution is 0.318. The molecule has 0 atom stereocenters. The molecule has 0 aliphatic rings. The zero-order valence-electron chi connectivity index (χ0n) is 11.2. The molecule has 1 aromatic heterocycles. The van der Waals surface area contributed by atoms with Gasteiger partial charge in [0.2, 0.25) is 5.88 Å². The summed E-state index contributed by atoms with van der Waals surface area (Å²) in [5, 5.41) is 11.8. The van der Waals surface area contributed by atoms with E-state index in [-0.39, 0.29) is 5.84 Å². The fraction of sp³-hybridized carbons (Fsp3) is 0.143. The number of thioether (sulfide) groups is 1. The van der Waals surface area contributed by atoms with Gasteiger partial charge in [0.05, 0.1) is 5.56 Å². The molecular weight excluding hydrogens is 274 g/mol. The SMILES string of the molecule is CSc1ccccc1Oc1nc(C)ccc1C(N)=NO. The van der Waals surface area contributed by atoms with Crippen LogP contribution in [0.3, 0.4) is 0 Å². The molecule has 0 bridgehead atoms. The Hall–Kier alpha value is -2.21. The number of hydrogen-bond acceptors (Lipinski definition) is 5. The lowest BCUT2D eigenvalue weighted by Crippen LogP contribution is -2.15. The van der Waals surface area contributed by atoms with E-state index < -0.39 is 0 Å². The third-order valence-corrected chi connectivity index (χ3v) is 3.44. The Bertz CT molecular complexity index is 644. The van der Waals surface area contributed by atoms with Crippen LogP contribution in [0.4, 0.5) is 0 Å². The standard InChI is InChI=1S/C14H15N3O2S/c1-9-7-8-10(13(15)17-18)14(16-9)19-11-5-3-4-6-12(11)20-2/h3-8,18H,1-2H3,(H2,15,17). The molecule has 2 aromatic rings. The summed E-state index contributed by atoms with van der Waals surface area (Å²) in [6.07, 6.45) is 1.97. The van der Waals surface area contributed by atoms with Gasteiger partial charge in [-0.25, -0.2) is 4.98 Å². The maximum Gasteiger partial charge on any atom is 0.230 e. The summed E-state index contributed by atoms with van der Waals surface area (Å²) in [6.45, 7) is 1.85. The van der Waals surface area contributed by atoms with Crippen molar-refractivity contribution in [2.75, 3.05) is 6.26 Å². The fourth-order valence-electron chi connectivity index (χ4n) is 1.67. The van der Waals surface area contributed by atoms with Crippen molar-refractivity contribution in [2.24, 2.45) is 10.9 Å². The molecule has 0 radical (unpaired) electrons. The first-order valence-electron chi connectivity index (χ1n) is 5.92. The van der Waals surface area contributed by atoms with Crippen LogP contribution in [0.5, 0.6) is 11.6 Å². The van der Waals surface area contributed by atoms with Gasteiger partial charge >= 0.3 is 0 Å². The number of aryl methyl sites for hydroxylation is 1. The van der Waals surface area contributed by atoms with E-state index in [0.717, 1.165) is 10.6 Å². The Balaban J connectivity index is 2.45. The van der Waals surface area contributed by atoms with E-state index in [2.05, 4.69) is 10.1 Å². The van der Waals surface area contributed by atoms with Gasteiger partial charge in [-0.05, 0) is 37.4 Å². The summed E-state index contributed by atoms with van der Waals surface area (Å²) in [6, 6.07) is 11.1. The maximum absolute atomic E-state index is 8.82. The second kappa shape index (κ2) is 6.29. The van der Waals surface area contributed by atoms with Crippen LogP contribution in [0.15, 0.2) is 46.4 Å². The molecule has 0 amide bonds. The van der Waals surface area contributed by atoms with Gasteiger partial charge in [-0.15, -0.1) is 11.8 Å². The monoisotopic (exact) mass is 289 g/mol. The highest BCUT2D eigenvalue weighted by atomic mass is 32.2. The van der Waals surface area contributed by atoms with Crippen LogP contribution in [0, 0.1) is 6.92 Å². The average molecular weight is 289 g/mol. The van der Waals surface area contributed by atoms with E-state index in [0.29, 0.717) is 17.2 Å². The Morgan fingerprint density at radius 1 is 1.30 bits per heavy atom. The van der Waals surface area contributed by atoms with E-state index in [1.165, 1.54) is 0 Å². The van der Waals surface area contributed by atoms with Crippen LogP contribution in [0.2, 0.25) is 0 Å². The highest BCUT2D eigenvalue weighted by molar-refractivity contribution is 7.98. The van der Waals surface area contributed by atoms with Crippen molar-refractivity contribution in [2.45, 2.75) is 11.8 Å². The largest absolute Gasteiger partial charge is 0.437 e. The number of aromatic nitrogens is 1. The number of rotatable bonds is 4. The number of ether oxygens (including phenoxy) is 1. The molecule has 0 fully saturated rings. The Labute approximate surface area is 121 Å². The highest BCUT2D eigenvalue weighted by Gasteiger charge is 2.13. The molecule has 6 heteroatoms. The van der Waals surface area contributed by atoms with Crippen LogP contribution in [0.1, 0.15) is 11.3 Å². The lowest BCUT2D eigenvalue weighted by atomic mass is 10.2. The molecule has 0 saturated carbocycles. The van der Waals surface area contributed by atoms with Crippen LogP contribution >= 0.6 is 11.8 Å². The first kappa shape index (κ1) is 14.2. The summed E-state index contributed by atoms with van der Waals surface area (Å²) in [4.78, 5) is 5.30. The van der Waals surface area contributed by atoms with Gasteiger partial charge in [-0.1, -0.05) is 17.3 Å². The first-order chi connectivity index (χ1) is 9.65. The zero-order chi connectivity index (χ0) is 14.5. The number of para-hydroxylation sites is 1. The van der Waals surface area contributed by atoms with Crippen molar-refractivity contribution in [3.8, 4) is 11.6 Å². The topological polar surface area (TPSA) is 80.7 Å². The molecule has 1 aromatic carbocycles. The summed E-state index contributed by atoms with van der Waals surface area (Å²) in [5.41, 5.74) is 6.89. The van der Waals surface area contributed by atoms with E-state index in [9.17, 15) is 0 Å². The number of pyridine rings is 1. The van der Waals surface area contributed by atoms with Crippen molar-refractivity contribution < 1.29 is 9.94 Å². The number of amidine groups is 1. The van der Waals surface area contributed by atoms with Crippen LogP contribution in [-0.2, 0) is 0 Å². The lowest BCUT2D eigenvalue weighted by Gasteiger charge is -2.12. The summed E-state index contributed by atoms with van der Waals surface area (Å²) < 4.78 is 5.83. The predicted octanol–water partition coefficient (Wildman–Crippen LogP) is 3.00. The van der Waals surface area contributed by atoms with Crippen molar-refractivity contribution in [1.82, 2.24) is 4.98 Å². The van der Waals surface area contributed by atoms with Gasteiger partial charge in [0.25, 0.3) is 0 Å². The summed E-state index contributed by atoms with van der Waals surface area (Å²) in [5.74, 6) is 0.973. The third kappa shape index (κ3) is 3.03. The molecule has 20 heavy (non-hydrogen) atoms. The minimum atomic E-state index is -0.0332. The predicted molar refractivity (Wildman–Crippen MR) is 79.8 cm³/mol. The molecule has 0 saturated heterocycles. The molecule has 2 rings (SSSR count). The molecule has 0 aliphatic carbocycles. The summed E-state index contributed by atoms with van der Waals surface area (Å²) >= 11 is 1.58. The Kier molecular flexibility index (Phi) is 4.47. The molecule has 0 spiro atoms. The van der Waals surface area contributed by atoms with Crippen molar-refractivity contribution in [1.29, 1.82) is 0 Å². The van der Waals surface area contributed by atoms with Crippen molar-refractivity contribution in [3.63, 3.8) is 0 Å². The van der Waals surface area contributed by atoms with Crippen LogP contribution in [0.25, 0.3) is 0 Å². The van der Waals surface area contributed by atoms with Crippen LogP contribution in [-0.4, -0.2) is 22.3 Å². The minimum absolute atomic E-state index is 0.0332. The number of hydrogen-bond donors (Lipinski definition) is 2. The normalized spacial score (nSPS) is 11.4. The summed E-state index contributed by atoms with van der Waals surface area (Å²) in [7, 11) is 0. The van der Waals surface area contributed by atoms with Gasteiger partial charge in [-0.3, -0.25) is 0 Å². The molecule has 5 nitrogen and oxygen atoms in total. The Morgan fingerprint density at radius 3 is 2.75 bits per heavy atom. The van der Waals surface area contributed by atoms with Crippen molar-refractivity contribution in [3.05, 3.63) is 47.7 Å². The minimum Gasteiger partial charge on any atom is -0.437 e. The van der Waals surface area contributed by atoms with Crippen molar-refractivity contribution >= 4 is 17.6 Å². The number of oxime groups is 1. The first-order valence-corrected chi connectivity index (χ1v) is 7.14. The number of nitrogens with two attached hydrogens (primary N) is 1. The van der Waals surface area contributed by atoms with E-state index in [1.54, 1.807) is 23.9 Å². The molecule has 0 unspecified atom stereocenters. The highest BCUT2D eigenvalue weighted by Crippen LogP contribution is 2.31. The number of nitrogens with zero attached hydrogens (tertiary/aromatic N) is 2. The average Bonchev–Trinajstić information content (AvgIpc) is 2.47. The molecule has 104 valence electrons. The van der Waals surface area contributed by atoms with E-state index in [1.807, 2.05) is 37.4 Å².